The summed E-state index contributed by atoms with van der Waals surface area (Å²) < 4.78 is 5.38. The van der Waals surface area contributed by atoms with E-state index in [1.807, 2.05) is 51.1 Å². The second-order valence-electron chi connectivity index (χ2n) is 6.52. The van der Waals surface area contributed by atoms with Gasteiger partial charge in [-0.25, -0.2) is 0 Å². The number of carbonyl (C=O) groups is 2. The van der Waals surface area contributed by atoms with E-state index in [2.05, 4.69) is 10.7 Å². The monoisotopic (exact) mass is 369 g/mol. The Labute approximate surface area is 160 Å². The van der Waals surface area contributed by atoms with Crippen molar-refractivity contribution in [3.05, 3.63) is 60.2 Å². The summed E-state index contributed by atoms with van der Waals surface area (Å²) in [5, 5.41) is 4.46. The summed E-state index contributed by atoms with van der Waals surface area (Å²) in [6.07, 6.45) is 0. The van der Waals surface area contributed by atoms with E-state index in [-0.39, 0.29) is 17.7 Å². The van der Waals surface area contributed by atoms with Crippen LogP contribution in [0, 0.1) is 5.92 Å². The Balaban J connectivity index is 2.03. The van der Waals surface area contributed by atoms with Crippen LogP contribution in [0.1, 0.15) is 31.1 Å². The van der Waals surface area contributed by atoms with E-state index < -0.39 is 6.04 Å². The largest absolute Gasteiger partial charge is 0.494 e. The van der Waals surface area contributed by atoms with E-state index in [9.17, 15) is 9.59 Å². The molecule has 6 nitrogen and oxygen atoms in total. The number of carbonyl (C=O) groups excluding carboxylic acids is 2. The van der Waals surface area contributed by atoms with Crippen LogP contribution in [0.5, 0.6) is 5.75 Å². The summed E-state index contributed by atoms with van der Waals surface area (Å²) in [5.41, 5.74) is 4.15. The van der Waals surface area contributed by atoms with E-state index in [0.717, 1.165) is 5.69 Å². The van der Waals surface area contributed by atoms with Crippen LogP contribution in [-0.2, 0) is 4.79 Å². The molecule has 0 aromatic heterocycles. The highest BCUT2D eigenvalue weighted by atomic mass is 16.5. The number of nitrogens with one attached hydrogen (secondary N) is 2. The molecular formula is C21H27N3O3. The molecule has 2 amide bonds. The van der Waals surface area contributed by atoms with Crippen molar-refractivity contribution >= 4 is 17.5 Å². The molecule has 2 aromatic rings. The van der Waals surface area contributed by atoms with Gasteiger partial charge >= 0.3 is 0 Å². The van der Waals surface area contributed by atoms with Crippen LogP contribution >= 0.6 is 0 Å². The lowest BCUT2D eigenvalue weighted by molar-refractivity contribution is -0.124. The van der Waals surface area contributed by atoms with Crippen LogP contribution in [0.4, 0.5) is 5.69 Å². The summed E-state index contributed by atoms with van der Waals surface area (Å²) in [4.78, 5) is 25.2. The molecule has 0 aliphatic heterocycles. The summed E-state index contributed by atoms with van der Waals surface area (Å²) >= 11 is 0. The highest BCUT2D eigenvalue weighted by Gasteiger charge is 2.25. The van der Waals surface area contributed by atoms with Gasteiger partial charge in [0.1, 0.15) is 11.8 Å². The predicted molar refractivity (Wildman–Crippen MR) is 107 cm³/mol. The van der Waals surface area contributed by atoms with Crippen LogP contribution in [0.15, 0.2) is 54.6 Å². The van der Waals surface area contributed by atoms with Crippen LogP contribution in [-0.4, -0.2) is 31.5 Å². The fourth-order valence-corrected chi connectivity index (χ4v) is 2.58. The predicted octanol–water partition coefficient (Wildman–Crippen LogP) is 3.01. The fraction of sp³-hybridized carbons (Fsp3) is 0.333. The molecule has 27 heavy (non-hydrogen) atoms. The number of nitrogens with zero attached hydrogens (tertiary/aromatic N) is 1. The maximum Gasteiger partial charge on any atom is 0.261 e. The Morgan fingerprint density at radius 2 is 1.67 bits per heavy atom. The zero-order valence-corrected chi connectivity index (χ0v) is 16.2. The molecule has 0 radical (unpaired) electrons. The first-order valence-corrected chi connectivity index (χ1v) is 9.05. The van der Waals surface area contributed by atoms with E-state index >= 15 is 0 Å². The number of hydrogen-bond acceptors (Lipinski definition) is 4. The smallest absolute Gasteiger partial charge is 0.261 e. The van der Waals surface area contributed by atoms with E-state index in [0.29, 0.717) is 17.9 Å². The number of benzene rings is 2. The maximum atomic E-state index is 12.7. The minimum absolute atomic E-state index is 0.0687. The molecule has 0 spiro atoms. The molecule has 0 saturated heterocycles. The van der Waals surface area contributed by atoms with Gasteiger partial charge in [0, 0.05) is 12.6 Å². The highest BCUT2D eigenvalue weighted by molar-refractivity contribution is 5.97. The molecule has 144 valence electrons. The minimum atomic E-state index is -0.657. The average molecular weight is 369 g/mol. The number of ether oxygens (including phenoxy) is 1. The lowest BCUT2D eigenvalue weighted by Gasteiger charge is -2.26. The second-order valence-corrected chi connectivity index (χ2v) is 6.52. The summed E-state index contributed by atoms with van der Waals surface area (Å²) in [6, 6.07) is 15.7. The van der Waals surface area contributed by atoms with Gasteiger partial charge in [-0.3, -0.25) is 20.0 Å². The second kappa shape index (κ2) is 9.62. The Morgan fingerprint density at radius 1 is 1.04 bits per heavy atom. The molecule has 0 bridgehead atoms. The van der Waals surface area contributed by atoms with Crippen LogP contribution in [0.3, 0.4) is 0 Å². The van der Waals surface area contributed by atoms with E-state index in [1.165, 1.54) is 0 Å². The molecule has 0 aliphatic rings. The third-order valence-electron chi connectivity index (χ3n) is 4.08. The van der Waals surface area contributed by atoms with Gasteiger partial charge in [-0.1, -0.05) is 32.0 Å². The van der Waals surface area contributed by atoms with Crippen molar-refractivity contribution in [1.82, 2.24) is 10.7 Å². The van der Waals surface area contributed by atoms with E-state index in [4.69, 9.17) is 4.74 Å². The SMILES string of the molecule is CCOc1ccc(C(=O)N[C@H](C(=O)NN(C)c2ccccc2)C(C)C)cc1. The molecule has 2 aromatic carbocycles. The zero-order chi connectivity index (χ0) is 19.8. The van der Waals surface area contributed by atoms with Crippen molar-refractivity contribution in [2.75, 3.05) is 18.7 Å². The van der Waals surface area contributed by atoms with Crippen LogP contribution in [0.2, 0.25) is 0 Å². The third-order valence-corrected chi connectivity index (χ3v) is 4.08. The Hall–Kier alpha value is -3.02. The third kappa shape index (κ3) is 5.74. The quantitative estimate of drug-likeness (QED) is 0.702. The molecular weight excluding hydrogens is 342 g/mol. The number of hydrogen-bond donors (Lipinski definition) is 2. The molecule has 2 N–H and O–H groups in total. The number of para-hydroxylation sites is 1. The molecule has 0 heterocycles. The summed E-state index contributed by atoms with van der Waals surface area (Å²) in [5.74, 6) is 0.0717. The van der Waals surface area contributed by atoms with Crippen LogP contribution < -0.4 is 20.5 Å². The first kappa shape index (κ1) is 20.3. The van der Waals surface area contributed by atoms with Gasteiger partial charge in [-0.2, -0.15) is 0 Å². The maximum absolute atomic E-state index is 12.7. The lowest BCUT2D eigenvalue weighted by atomic mass is 10.0. The van der Waals surface area contributed by atoms with Crippen molar-refractivity contribution in [3.63, 3.8) is 0 Å². The minimum Gasteiger partial charge on any atom is -0.494 e. The molecule has 1 atom stereocenters. The van der Waals surface area contributed by atoms with Gasteiger partial charge in [0.2, 0.25) is 0 Å². The Kier molecular flexibility index (Phi) is 7.23. The first-order chi connectivity index (χ1) is 12.9. The van der Waals surface area contributed by atoms with E-state index in [1.54, 1.807) is 36.3 Å². The number of anilines is 1. The molecule has 0 unspecified atom stereocenters. The molecule has 0 fully saturated rings. The summed E-state index contributed by atoms with van der Waals surface area (Å²) in [6.45, 7) is 6.26. The van der Waals surface area contributed by atoms with Crippen molar-refractivity contribution in [1.29, 1.82) is 0 Å². The number of hydrazine groups is 1. The van der Waals surface area contributed by atoms with Gasteiger partial charge in [-0.15, -0.1) is 0 Å². The normalized spacial score (nSPS) is 11.6. The summed E-state index contributed by atoms with van der Waals surface area (Å²) in [7, 11) is 1.76. The molecule has 6 heteroatoms. The fourth-order valence-electron chi connectivity index (χ4n) is 2.58. The van der Waals surface area contributed by atoms with Gasteiger partial charge in [0.05, 0.1) is 12.3 Å². The lowest BCUT2D eigenvalue weighted by Crippen LogP contribution is -2.53. The van der Waals surface area contributed by atoms with Crippen LogP contribution in [0.25, 0.3) is 0 Å². The zero-order valence-electron chi connectivity index (χ0n) is 16.2. The number of rotatable bonds is 8. The average Bonchev–Trinajstić information content (AvgIpc) is 2.67. The Morgan fingerprint density at radius 3 is 2.22 bits per heavy atom. The number of amides is 2. The van der Waals surface area contributed by atoms with Crippen molar-refractivity contribution in [3.8, 4) is 5.75 Å². The molecule has 0 saturated carbocycles. The molecule has 2 rings (SSSR count). The highest BCUT2D eigenvalue weighted by Crippen LogP contribution is 2.13. The molecule has 0 aliphatic carbocycles. The van der Waals surface area contributed by atoms with Crippen molar-refractivity contribution < 1.29 is 14.3 Å². The van der Waals surface area contributed by atoms with Gasteiger partial charge < -0.3 is 10.1 Å². The van der Waals surface area contributed by atoms with Gasteiger partial charge in [0.25, 0.3) is 11.8 Å². The Bertz CT molecular complexity index is 745. The standard InChI is InChI=1S/C21H27N3O3/c1-5-27-18-13-11-16(12-14-18)20(25)22-19(15(2)3)21(26)23-24(4)17-9-7-6-8-10-17/h6-15,19H,5H2,1-4H3,(H,22,25)(H,23,26)/t19-/m0/s1. The topological polar surface area (TPSA) is 70.7 Å². The van der Waals surface area contributed by atoms with Gasteiger partial charge in [-0.05, 0) is 49.2 Å². The van der Waals surface area contributed by atoms with Gasteiger partial charge in [0.15, 0.2) is 0 Å². The van der Waals surface area contributed by atoms with Crippen molar-refractivity contribution in [2.24, 2.45) is 5.92 Å². The first-order valence-electron chi connectivity index (χ1n) is 9.05. The van der Waals surface area contributed by atoms with Crippen molar-refractivity contribution in [2.45, 2.75) is 26.8 Å².